The van der Waals surface area contributed by atoms with Crippen LogP contribution in [0.15, 0.2) is 18.3 Å². The SMILES string of the molecule is NCc1cc(C(=O)NCCCCC(N)=O)ccn1. The molecule has 0 radical (unpaired) electrons. The molecule has 2 amide bonds. The molecule has 0 atom stereocenters. The van der Waals surface area contributed by atoms with Gasteiger partial charge in [0.05, 0.1) is 5.69 Å². The number of hydrogen-bond donors (Lipinski definition) is 3. The number of rotatable bonds is 7. The van der Waals surface area contributed by atoms with Crippen molar-refractivity contribution < 1.29 is 9.59 Å². The van der Waals surface area contributed by atoms with Crippen molar-refractivity contribution in [1.29, 1.82) is 0 Å². The molecule has 6 nitrogen and oxygen atoms in total. The number of primary amides is 1. The monoisotopic (exact) mass is 250 g/mol. The molecule has 1 aromatic heterocycles. The van der Waals surface area contributed by atoms with Gasteiger partial charge in [0.15, 0.2) is 0 Å². The molecule has 5 N–H and O–H groups in total. The van der Waals surface area contributed by atoms with Gasteiger partial charge in [-0.25, -0.2) is 0 Å². The van der Waals surface area contributed by atoms with Crippen LogP contribution in [0.2, 0.25) is 0 Å². The van der Waals surface area contributed by atoms with Gasteiger partial charge in [-0.15, -0.1) is 0 Å². The van der Waals surface area contributed by atoms with Crippen molar-refractivity contribution in [3.05, 3.63) is 29.6 Å². The lowest BCUT2D eigenvalue weighted by atomic mass is 10.2. The Kier molecular flexibility index (Phi) is 5.79. The molecule has 1 rings (SSSR count). The van der Waals surface area contributed by atoms with E-state index in [2.05, 4.69) is 10.3 Å². The van der Waals surface area contributed by atoms with Gasteiger partial charge in [-0.2, -0.15) is 0 Å². The van der Waals surface area contributed by atoms with Gasteiger partial charge in [0.2, 0.25) is 5.91 Å². The van der Waals surface area contributed by atoms with Crippen LogP contribution in [0.5, 0.6) is 0 Å². The highest BCUT2D eigenvalue weighted by Gasteiger charge is 2.05. The maximum atomic E-state index is 11.7. The first kappa shape index (κ1) is 14.1. The number of carbonyl (C=O) groups excluding carboxylic acids is 2. The van der Waals surface area contributed by atoms with Crippen LogP contribution in [-0.4, -0.2) is 23.3 Å². The Hall–Kier alpha value is -1.95. The minimum atomic E-state index is -0.317. The fourth-order valence-corrected chi connectivity index (χ4v) is 1.46. The number of carbonyl (C=O) groups is 2. The van der Waals surface area contributed by atoms with Gasteiger partial charge in [-0.3, -0.25) is 14.6 Å². The van der Waals surface area contributed by atoms with Gasteiger partial charge in [-0.05, 0) is 25.0 Å². The summed E-state index contributed by atoms with van der Waals surface area (Å²) in [5.41, 5.74) is 11.7. The smallest absolute Gasteiger partial charge is 0.251 e. The fourth-order valence-electron chi connectivity index (χ4n) is 1.46. The van der Waals surface area contributed by atoms with Crippen molar-refractivity contribution in [3.8, 4) is 0 Å². The molecule has 0 saturated carbocycles. The molecule has 1 heterocycles. The fraction of sp³-hybridized carbons (Fsp3) is 0.417. The first-order valence-electron chi connectivity index (χ1n) is 5.85. The van der Waals surface area contributed by atoms with Crippen molar-refractivity contribution in [2.75, 3.05) is 6.54 Å². The molecule has 6 heteroatoms. The van der Waals surface area contributed by atoms with Crippen molar-refractivity contribution in [2.24, 2.45) is 11.5 Å². The van der Waals surface area contributed by atoms with Crippen LogP contribution in [0.1, 0.15) is 35.3 Å². The number of nitrogens with zero attached hydrogens (tertiary/aromatic N) is 1. The molecule has 0 aliphatic carbocycles. The van der Waals surface area contributed by atoms with Crippen molar-refractivity contribution in [3.63, 3.8) is 0 Å². The van der Waals surface area contributed by atoms with Crippen LogP contribution in [0.4, 0.5) is 0 Å². The minimum absolute atomic E-state index is 0.161. The zero-order valence-corrected chi connectivity index (χ0v) is 10.2. The topological polar surface area (TPSA) is 111 Å². The van der Waals surface area contributed by atoms with Crippen molar-refractivity contribution in [2.45, 2.75) is 25.8 Å². The van der Waals surface area contributed by atoms with Crippen LogP contribution in [0, 0.1) is 0 Å². The number of aromatic nitrogens is 1. The Bertz CT molecular complexity index is 420. The molecule has 98 valence electrons. The maximum Gasteiger partial charge on any atom is 0.251 e. The highest BCUT2D eigenvalue weighted by molar-refractivity contribution is 5.94. The summed E-state index contributed by atoms with van der Waals surface area (Å²) in [6.07, 6.45) is 3.32. The van der Waals surface area contributed by atoms with E-state index in [1.807, 2.05) is 0 Å². The Balaban J connectivity index is 2.33. The van der Waals surface area contributed by atoms with E-state index in [0.29, 0.717) is 37.2 Å². The maximum absolute atomic E-state index is 11.7. The Morgan fingerprint density at radius 3 is 2.78 bits per heavy atom. The largest absolute Gasteiger partial charge is 0.370 e. The van der Waals surface area contributed by atoms with Crippen LogP contribution >= 0.6 is 0 Å². The lowest BCUT2D eigenvalue weighted by Crippen LogP contribution is -2.25. The Morgan fingerprint density at radius 2 is 2.11 bits per heavy atom. The van der Waals surface area contributed by atoms with E-state index in [1.54, 1.807) is 18.3 Å². The molecular formula is C12H18N4O2. The van der Waals surface area contributed by atoms with E-state index < -0.39 is 0 Å². The van der Waals surface area contributed by atoms with E-state index in [9.17, 15) is 9.59 Å². The summed E-state index contributed by atoms with van der Waals surface area (Å²) in [7, 11) is 0. The predicted octanol–water partition coefficient (Wildman–Crippen LogP) is -0.0743. The van der Waals surface area contributed by atoms with Crippen LogP contribution in [0.3, 0.4) is 0 Å². The first-order valence-corrected chi connectivity index (χ1v) is 5.85. The molecule has 0 saturated heterocycles. The third-order valence-corrected chi connectivity index (χ3v) is 2.42. The molecule has 0 aliphatic heterocycles. The molecule has 18 heavy (non-hydrogen) atoms. The second-order valence-electron chi connectivity index (χ2n) is 3.92. The Morgan fingerprint density at radius 1 is 1.33 bits per heavy atom. The second kappa shape index (κ2) is 7.39. The number of hydrogen-bond acceptors (Lipinski definition) is 4. The average Bonchev–Trinajstić information content (AvgIpc) is 2.37. The molecule has 0 aliphatic rings. The zero-order chi connectivity index (χ0) is 13.4. The van der Waals surface area contributed by atoms with Gasteiger partial charge in [0.25, 0.3) is 5.91 Å². The summed E-state index contributed by atoms with van der Waals surface area (Å²) >= 11 is 0. The predicted molar refractivity (Wildman–Crippen MR) is 67.5 cm³/mol. The van der Waals surface area contributed by atoms with E-state index in [1.165, 1.54) is 0 Å². The van der Waals surface area contributed by atoms with E-state index in [0.717, 1.165) is 6.42 Å². The average molecular weight is 250 g/mol. The van der Waals surface area contributed by atoms with E-state index >= 15 is 0 Å². The summed E-state index contributed by atoms with van der Waals surface area (Å²) < 4.78 is 0. The molecular weight excluding hydrogens is 232 g/mol. The lowest BCUT2D eigenvalue weighted by molar-refractivity contribution is -0.118. The van der Waals surface area contributed by atoms with Crippen LogP contribution in [-0.2, 0) is 11.3 Å². The molecule has 0 bridgehead atoms. The quantitative estimate of drug-likeness (QED) is 0.588. The number of pyridine rings is 1. The molecule has 1 aromatic rings. The van der Waals surface area contributed by atoms with Gasteiger partial charge in [0, 0.05) is 31.3 Å². The highest BCUT2D eigenvalue weighted by atomic mass is 16.2. The standard InChI is InChI=1S/C12H18N4O2/c13-8-10-7-9(4-6-15-10)12(18)16-5-2-1-3-11(14)17/h4,6-7H,1-3,5,8,13H2,(H2,14,17)(H,16,18). The van der Waals surface area contributed by atoms with E-state index in [-0.39, 0.29) is 11.8 Å². The van der Waals surface area contributed by atoms with Gasteiger partial charge in [-0.1, -0.05) is 0 Å². The van der Waals surface area contributed by atoms with Crippen molar-refractivity contribution in [1.82, 2.24) is 10.3 Å². The number of nitrogens with one attached hydrogen (secondary N) is 1. The Labute approximate surface area is 106 Å². The van der Waals surface area contributed by atoms with Crippen LogP contribution in [0.25, 0.3) is 0 Å². The van der Waals surface area contributed by atoms with E-state index in [4.69, 9.17) is 11.5 Å². The van der Waals surface area contributed by atoms with Gasteiger partial charge < -0.3 is 16.8 Å². The highest BCUT2D eigenvalue weighted by Crippen LogP contribution is 2.01. The first-order chi connectivity index (χ1) is 8.63. The number of amides is 2. The second-order valence-corrected chi connectivity index (χ2v) is 3.92. The summed E-state index contributed by atoms with van der Waals surface area (Å²) in [4.78, 5) is 26.3. The summed E-state index contributed by atoms with van der Waals surface area (Å²) in [5.74, 6) is -0.478. The molecule has 0 spiro atoms. The molecule has 0 aromatic carbocycles. The van der Waals surface area contributed by atoms with Gasteiger partial charge in [0.1, 0.15) is 0 Å². The number of unbranched alkanes of at least 4 members (excludes halogenated alkanes) is 1. The minimum Gasteiger partial charge on any atom is -0.370 e. The zero-order valence-electron chi connectivity index (χ0n) is 10.2. The normalized spacial score (nSPS) is 10.1. The summed E-state index contributed by atoms with van der Waals surface area (Å²) in [5, 5.41) is 2.76. The molecule has 0 fully saturated rings. The summed E-state index contributed by atoms with van der Waals surface area (Å²) in [6.45, 7) is 0.826. The number of nitrogens with two attached hydrogens (primary N) is 2. The van der Waals surface area contributed by atoms with Crippen molar-refractivity contribution >= 4 is 11.8 Å². The molecule has 0 unspecified atom stereocenters. The van der Waals surface area contributed by atoms with Gasteiger partial charge >= 0.3 is 0 Å². The van der Waals surface area contributed by atoms with Crippen LogP contribution < -0.4 is 16.8 Å². The summed E-state index contributed by atoms with van der Waals surface area (Å²) in [6, 6.07) is 3.30. The lowest BCUT2D eigenvalue weighted by Gasteiger charge is -2.05. The third kappa shape index (κ3) is 4.92. The third-order valence-electron chi connectivity index (χ3n) is 2.42.